The maximum Gasteiger partial charge on any atom is 0.246 e. The van der Waals surface area contributed by atoms with E-state index < -0.39 is 29.4 Å². The predicted molar refractivity (Wildman–Crippen MR) is 161 cm³/mol. The standard InChI is InChI=1S/C31H40ClN5O5/c1-20-16-23(8-9-24(20)32)34-29(40)25(12-13-33)35-30(41)26-17-21-6-4-5-7-22(21)18-36(26)27(38)10-11-28(39)37-14-15-42-19-31(37,2)3/h4-9,16,25-26H,10-15,17-19,33H2,1-3H3,(H,34,40)(H,35,41)/t25-,26-/m0/s1. The van der Waals surface area contributed by atoms with Gasteiger partial charge in [0.1, 0.15) is 12.1 Å². The number of hydrogen-bond acceptors (Lipinski definition) is 6. The summed E-state index contributed by atoms with van der Waals surface area (Å²) in [7, 11) is 0. The number of carbonyl (C=O) groups is 4. The highest BCUT2D eigenvalue weighted by molar-refractivity contribution is 6.31. The molecule has 2 aliphatic rings. The van der Waals surface area contributed by atoms with Crippen LogP contribution in [0.4, 0.5) is 5.69 Å². The van der Waals surface area contributed by atoms with Gasteiger partial charge in [-0.15, -0.1) is 0 Å². The average molecular weight is 598 g/mol. The molecule has 0 radical (unpaired) electrons. The van der Waals surface area contributed by atoms with Gasteiger partial charge in [0.2, 0.25) is 23.6 Å². The molecule has 2 aliphatic heterocycles. The minimum atomic E-state index is -0.905. The first-order valence-corrected chi connectivity index (χ1v) is 14.7. The minimum Gasteiger partial charge on any atom is -0.377 e. The molecule has 0 aliphatic carbocycles. The number of halogens is 1. The van der Waals surface area contributed by atoms with E-state index in [1.54, 1.807) is 23.1 Å². The Morgan fingerprint density at radius 3 is 2.50 bits per heavy atom. The fourth-order valence-electron chi connectivity index (χ4n) is 5.49. The van der Waals surface area contributed by atoms with Gasteiger partial charge in [0, 0.05) is 43.1 Å². The number of fused-ring (bicyclic) bond motifs is 1. The molecule has 0 spiro atoms. The van der Waals surface area contributed by atoms with E-state index in [9.17, 15) is 19.2 Å². The lowest BCUT2D eigenvalue weighted by atomic mass is 9.92. The van der Waals surface area contributed by atoms with Crippen LogP contribution in [0.15, 0.2) is 42.5 Å². The van der Waals surface area contributed by atoms with Gasteiger partial charge in [0.15, 0.2) is 0 Å². The molecule has 2 aromatic carbocycles. The first-order chi connectivity index (χ1) is 20.0. The van der Waals surface area contributed by atoms with Gasteiger partial charge in [-0.1, -0.05) is 35.9 Å². The molecule has 1 saturated heterocycles. The van der Waals surface area contributed by atoms with E-state index in [2.05, 4.69) is 10.6 Å². The number of benzene rings is 2. The molecular formula is C31H40ClN5O5. The Labute approximate surface area is 251 Å². The first kappa shape index (κ1) is 31.5. The van der Waals surface area contributed by atoms with Crippen molar-refractivity contribution < 1.29 is 23.9 Å². The Bertz CT molecular complexity index is 1330. The highest BCUT2D eigenvalue weighted by atomic mass is 35.5. The van der Waals surface area contributed by atoms with Crippen LogP contribution in [0.1, 0.15) is 49.8 Å². The molecule has 0 bridgehead atoms. The Morgan fingerprint density at radius 1 is 1.10 bits per heavy atom. The average Bonchev–Trinajstić information content (AvgIpc) is 2.96. The number of nitrogens with zero attached hydrogens (tertiary/aromatic N) is 2. The zero-order valence-electron chi connectivity index (χ0n) is 24.5. The van der Waals surface area contributed by atoms with Crippen LogP contribution in [0, 0.1) is 6.92 Å². The van der Waals surface area contributed by atoms with Crippen molar-refractivity contribution >= 4 is 40.9 Å². The molecule has 2 heterocycles. The number of hydrogen-bond donors (Lipinski definition) is 3. The van der Waals surface area contributed by atoms with Crippen LogP contribution in [0.5, 0.6) is 0 Å². The molecule has 2 atom stereocenters. The van der Waals surface area contributed by atoms with Gasteiger partial charge < -0.3 is 30.9 Å². The van der Waals surface area contributed by atoms with Crippen LogP contribution in [0.3, 0.4) is 0 Å². The highest BCUT2D eigenvalue weighted by Gasteiger charge is 2.38. The minimum absolute atomic E-state index is 0.0269. The van der Waals surface area contributed by atoms with Crippen molar-refractivity contribution in [2.75, 3.05) is 31.6 Å². The number of nitrogens with one attached hydrogen (secondary N) is 2. The van der Waals surface area contributed by atoms with E-state index in [-0.39, 0.29) is 44.2 Å². The van der Waals surface area contributed by atoms with E-state index in [1.165, 1.54) is 4.90 Å². The largest absolute Gasteiger partial charge is 0.377 e. The highest BCUT2D eigenvalue weighted by Crippen LogP contribution is 2.26. The van der Waals surface area contributed by atoms with Crippen molar-refractivity contribution in [3.05, 3.63) is 64.2 Å². The number of morpholine rings is 1. The zero-order valence-corrected chi connectivity index (χ0v) is 25.2. The first-order valence-electron chi connectivity index (χ1n) is 14.3. The monoisotopic (exact) mass is 597 g/mol. The van der Waals surface area contributed by atoms with Gasteiger partial charge in [-0.2, -0.15) is 0 Å². The number of ether oxygens (including phenoxy) is 1. The molecular weight excluding hydrogens is 558 g/mol. The van der Waals surface area contributed by atoms with E-state index in [0.717, 1.165) is 16.7 Å². The molecule has 4 amide bonds. The Kier molecular flexibility index (Phi) is 10.2. The summed E-state index contributed by atoms with van der Waals surface area (Å²) in [4.78, 5) is 56.8. The van der Waals surface area contributed by atoms with E-state index >= 15 is 0 Å². The SMILES string of the molecule is Cc1cc(NC(=O)[C@H](CCN)NC(=O)[C@@H]2Cc3ccccc3CN2C(=O)CCC(=O)N2CCOCC2(C)C)ccc1Cl. The van der Waals surface area contributed by atoms with Gasteiger partial charge in [0.25, 0.3) is 0 Å². The maximum absolute atomic E-state index is 13.7. The van der Waals surface area contributed by atoms with E-state index in [1.807, 2.05) is 45.0 Å². The summed E-state index contributed by atoms with van der Waals surface area (Å²) in [5, 5.41) is 6.24. The Morgan fingerprint density at radius 2 is 1.81 bits per heavy atom. The molecule has 0 aromatic heterocycles. The van der Waals surface area contributed by atoms with E-state index in [0.29, 0.717) is 36.9 Å². The number of aryl methyl sites for hydroxylation is 1. The topological polar surface area (TPSA) is 134 Å². The normalized spacial score (nSPS) is 18.5. The van der Waals surface area contributed by atoms with Crippen LogP contribution in [-0.2, 0) is 36.9 Å². The smallest absolute Gasteiger partial charge is 0.246 e. The molecule has 4 N–H and O–H groups in total. The van der Waals surface area contributed by atoms with Crippen molar-refractivity contribution in [1.82, 2.24) is 15.1 Å². The fraction of sp³-hybridized carbons (Fsp3) is 0.484. The van der Waals surface area contributed by atoms with Crippen molar-refractivity contribution in [3.63, 3.8) is 0 Å². The van der Waals surface area contributed by atoms with Crippen molar-refractivity contribution in [2.24, 2.45) is 5.73 Å². The third-order valence-electron chi connectivity index (χ3n) is 7.88. The van der Waals surface area contributed by atoms with Crippen LogP contribution in [-0.4, -0.2) is 77.4 Å². The van der Waals surface area contributed by atoms with Crippen LogP contribution in [0.25, 0.3) is 0 Å². The number of carbonyl (C=O) groups excluding carboxylic acids is 4. The molecule has 2 aromatic rings. The van der Waals surface area contributed by atoms with Gasteiger partial charge >= 0.3 is 0 Å². The summed E-state index contributed by atoms with van der Waals surface area (Å²) in [5.74, 6) is -1.27. The van der Waals surface area contributed by atoms with E-state index in [4.69, 9.17) is 22.1 Å². The van der Waals surface area contributed by atoms with Crippen molar-refractivity contribution in [3.8, 4) is 0 Å². The maximum atomic E-state index is 13.7. The predicted octanol–water partition coefficient (Wildman–Crippen LogP) is 2.79. The molecule has 42 heavy (non-hydrogen) atoms. The number of rotatable bonds is 9. The van der Waals surface area contributed by atoms with Crippen LogP contribution < -0.4 is 16.4 Å². The van der Waals surface area contributed by atoms with Crippen LogP contribution in [0.2, 0.25) is 5.02 Å². The Hall–Kier alpha value is -3.47. The second-order valence-corrected chi connectivity index (χ2v) is 11.9. The third kappa shape index (κ3) is 7.48. The molecule has 0 unspecified atom stereocenters. The van der Waals surface area contributed by atoms with Crippen molar-refractivity contribution in [1.29, 1.82) is 0 Å². The lowest BCUT2D eigenvalue weighted by Gasteiger charge is -2.42. The second-order valence-electron chi connectivity index (χ2n) is 11.5. The van der Waals surface area contributed by atoms with Gasteiger partial charge in [-0.25, -0.2) is 0 Å². The quantitative estimate of drug-likeness (QED) is 0.407. The Balaban J connectivity index is 1.47. The number of amides is 4. The molecule has 10 nitrogen and oxygen atoms in total. The van der Waals surface area contributed by atoms with Crippen LogP contribution >= 0.6 is 11.6 Å². The van der Waals surface area contributed by atoms with Gasteiger partial charge in [-0.3, -0.25) is 19.2 Å². The summed E-state index contributed by atoms with van der Waals surface area (Å²) >= 11 is 6.11. The fourth-order valence-corrected chi connectivity index (χ4v) is 5.61. The molecule has 11 heteroatoms. The summed E-state index contributed by atoms with van der Waals surface area (Å²) in [6.45, 7) is 7.50. The van der Waals surface area contributed by atoms with Crippen molar-refractivity contribution in [2.45, 2.75) is 70.6 Å². The molecule has 4 rings (SSSR count). The summed E-state index contributed by atoms with van der Waals surface area (Å²) in [5.41, 5.74) is 8.61. The second kappa shape index (κ2) is 13.7. The summed E-state index contributed by atoms with van der Waals surface area (Å²) < 4.78 is 5.51. The van der Waals surface area contributed by atoms with Gasteiger partial charge in [0.05, 0.1) is 18.8 Å². The number of anilines is 1. The lowest BCUT2D eigenvalue weighted by molar-refractivity contribution is -0.149. The zero-order chi connectivity index (χ0) is 30.4. The molecule has 0 saturated carbocycles. The number of nitrogens with two attached hydrogens (primary N) is 1. The molecule has 226 valence electrons. The lowest BCUT2D eigenvalue weighted by Crippen LogP contribution is -2.57. The molecule has 1 fully saturated rings. The van der Waals surface area contributed by atoms with Gasteiger partial charge in [-0.05, 0) is 68.6 Å². The summed E-state index contributed by atoms with van der Waals surface area (Å²) in [6.07, 6.45) is 0.519. The third-order valence-corrected chi connectivity index (χ3v) is 8.31. The summed E-state index contributed by atoms with van der Waals surface area (Å²) in [6, 6.07) is 11.0.